The molecule has 0 fully saturated rings. The van der Waals surface area contributed by atoms with Crippen molar-refractivity contribution in [2.24, 2.45) is 4.99 Å². The molecule has 29 heavy (non-hydrogen) atoms. The lowest BCUT2D eigenvalue weighted by atomic mass is 10.1. The third-order valence-corrected chi connectivity index (χ3v) is 4.54. The largest absolute Gasteiger partial charge is 0.497 e. The van der Waals surface area contributed by atoms with Crippen molar-refractivity contribution in [2.45, 2.75) is 19.8 Å². The van der Waals surface area contributed by atoms with Crippen LogP contribution in [0.4, 0.5) is 0 Å². The Bertz CT molecular complexity index is 950. The lowest BCUT2D eigenvalue weighted by molar-refractivity contribution is -0.129. The SMILES string of the molecule is CCCCOc1c(Cl)cc(/C=C2/N=C(c3ccc(OC)cc3)OC2=O)cc1OC. The van der Waals surface area contributed by atoms with E-state index in [1.54, 1.807) is 56.7 Å². The lowest BCUT2D eigenvalue weighted by Crippen LogP contribution is -2.05. The zero-order chi connectivity index (χ0) is 20.8. The molecule has 0 radical (unpaired) electrons. The third kappa shape index (κ3) is 4.90. The van der Waals surface area contributed by atoms with Gasteiger partial charge in [-0.15, -0.1) is 0 Å². The van der Waals surface area contributed by atoms with E-state index in [1.807, 2.05) is 0 Å². The summed E-state index contributed by atoms with van der Waals surface area (Å²) in [6.07, 6.45) is 3.53. The fraction of sp³-hybridized carbons (Fsp3) is 0.273. The van der Waals surface area contributed by atoms with Gasteiger partial charge < -0.3 is 18.9 Å². The average molecular weight is 416 g/mol. The number of nitrogens with zero attached hydrogens (tertiary/aromatic N) is 1. The van der Waals surface area contributed by atoms with Crippen LogP contribution in [-0.4, -0.2) is 32.7 Å². The highest BCUT2D eigenvalue weighted by atomic mass is 35.5. The molecule has 6 nitrogen and oxygen atoms in total. The highest BCUT2D eigenvalue weighted by molar-refractivity contribution is 6.32. The summed E-state index contributed by atoms with van der Waals surface area (Å²) in [7, 11) is 3.13. The Labute approximate surface area is 174 Å². The zero-order valence-electron chi connectivity index (χ0n) is 16.5. The van der Waals surface area contributed by atoms with E-state index in [4.69, 9.17) is 30.5 Å². The van der Waals surface area contributed by atoms with Crippen LogP contribution in [-0.2, 0) is 9.53 Å². The smallest absolute Gasteiger partial charge is 0.363 e. The summed E-state index contributed by atoms with van der Waals surface area (Å²) < 4.78 is 21.6. The maximum absolute atomic E-state index is 12.2. The Hall–Kier alpha value is -2.99. The van der Waals surface area contributed by atoms with Crippen LogP contribution in [0.3, 0.4) is 0 Å². The second-order valence-corrected chi connectivity index (χ2v) is 6.71. The predicted octanol–water partition coefficient (Wildman–Crippen LogP) is 4.88. The van der Waals surface area contributed by atoms with Crippen LogP contribution in [0.2, 0.25) is 5.02 Å². The first-order chi connectivity index (χ1) is 14.0. The van der Waals surface area contributed by atoms with Crippen LogP contribution >= 0.6 is 11.6 Å². The van der Waals surface area contributed by atoms with Crippen molar-refractivity contribution in [2.75, 3.05) is 20.8 Å². The maximum atomic E-state index is 12.2. The van der Waals surface area contributed by atoms with E-state index >= 15 is 0 Å². The first-order valence-corrected chi connectivity index (χ1v) is 9.60. The predicted molar refractivity (Wildman–Crippen MR) is 112 cm³/mol. The minimum Gasteiger partial charge on any atom is -0.497 e. The number of rotatable bonds is 8. The van der Waals surface area contributed by atoms with Crippen LogP contribution in [0.1, 0.15) is 30.9 Å². The zero-order valence-corrected chi connectivity index (χ0v) is 17.3. The average Bonchev–Trinajstić information content (AvgIpc) is 3.09. The van der Waals surface area contributed by atoms with Crippen LogP contribution in [0.25, 0.3) is 6.08 Å². The minimum absolute atomic E-state index is 0.175. The van der Waals surface area contributed by atoms with Gasteiger partial charge in [0.15, 0.2) is 17.2 Å². The molecule has 2 aromatic carbocycles. The van der Waals surface area contributed by atoms with Gasteiger partial charge in [-0.05, 0) is 54.5 Å². The molecule has 0 saturated carbocycles. The summed E-state index contributed by atoms with van der Waals surface area (Å²) in [5, 5.41) is 0.401. The highest BCUT2D eigenvalue weighted by Gasteiger charge is 2.24. The second-order valence-electron chi connectivity index (χ2n) is 6.30. The Morgan fingerprint density at radius 2 is 1.90 bits per heavy atom. The number of cyclic esters (lactones) is 1. The molecule has 0 atom stereocenters. The first-order valence-electron chi connectivity index (χ1n) is 9.23. The van der Waals surface area contributed by atoms with Gasteiger partial charge in [0.2, 0.25) is 5.90 Å². The Morgan fingerprint density at radius 3 is 2.55 bits per heavy atom. The van der Waals surface area contributed by atoms with E-state index in [9.17, 15) is 4.79 Å². The Morgan fingerprint density at radius 1 is 1.14 bits per heavy atom. The number of carbonyl (C=O) groups is 1. The number of hydrogen-bond donors (Lipinski definition) is 0. The topological polar surface area (TPSA) is 66.3 Å². The van der Waals surface area contributed by atoms with E-state index in [-0.39, 0.29) is 11.6 Å². The molecule has 7 heteroatoms. The molecule has 0 spiro atoms. The van der Waals surface area contributed by atoms with Crippen molar-refractivity contribution in [1.29, 1.82) is 0 Å². The standard InChI is InChI=1S/C22H22ClNO5/c1-4-5-10-28-20-17(23)11-14(13-19(20)27-3)12-18-22(25)29-21(24-18)15-6-8-16(26-2)9-7-15/h6-9,11-13H,4-5,10H2,1-3H3/b18-12+. The summed E-state index contributed by atoms with van der Waals surface area (Å²) in [6.45, 7) is 2.63. The molecular formula is C22H22ClNO5. The summed E-state index contributed by atoms with van der Waals surface area (Å²) >= 11 is 6.37. The van der Waals surface area contributed by atoms with Crippen molar-refractivity contribution < 1.29 is 23.7 Å². The van der Waals surface area contributed by atoms with Crippen LogP contribution in [0, 0.1) is 0 Å². The summed E-state index contributed by atoms with van der Waals surface area (Å²) in [5.74, 6) is 1.39. The molecule has 152 valence electrons. The van der Waals surface area contributed by atoms with Crippen molar-refractivity contribution in [3.8, 4) is 17.2 Å². The minimum atomic E-state index is -0.533. The van der Waals surface area contributed by atoms with Crippen molar-refractivity contribution in [3.63, 3.8) is 0 Å². The number of ether oxygens (including phenoxy) is 4. The maximum Gasteiger partial charge on any atom is 0.363 e. The molecule has 1 aliphatic rings. The number of carbonyl (C=O) groups excluding carboxylic acids is 1. The Balaban J connectivity index is 1.87. The fourth-order valence-electron chi connectivity index (χ4n) is 2.71. The molecule has 1 aliphatic heterocycles. The molecule has 0 amide bonds. The van der Waals surface area contributed by atoms with Gasteiger partial charge in [-0.25, -0.2) is 9.79 Å². The summed E-state index contributed by atoms with van der Waals surface area (Å²) in [4.78, 5) is 16.6. The van der Waals surface area contributed by atoms with E-state index in [0.717, 1.165) is 12.8 Å². The number of unbranched alkanes of at least 4 members (excludes halogenated alkanes) is 1. The number of esters is 1. The second kappa shape index (κ2) is 9.47. The van der Waals surface area contributed by atoms with Crippen molar-refractivity contribution in [1.82, 2.24) is 0 Å². The van der Waals surface area contributed by atoms with Gasteiger partial charge in [0, 0.05) is 5.56 Å². The van der Waals surface area contributed by atoms with Crippen molar-refractivity contribution >= 4 is 29.5 Å². The van der Waals surface area contributed by atoms with Gasteiger partial charge in [-0.1, -0.05) is 24.9 Å². The summed E-state index contributed by atoms with van der Waals surface area (Å²) in [6, 6.07) is 10.5. The molecule has 0 unspecified atom stereocenters. The monoisotopic (exact) mass is 415 g/mol. The van der Waals surface area contributed by atoms with Crippen LogP contribution < -0.4 is 14.2 Å². The molecule has 2 aromatic rings. The van der Waals surface area contributed by atoms with Gasteiger partial charge in [-0.2, -0.15) is 0 Å². The van der Waals surface area contributed by atoms with Gasteiger partial charge in [-0.3, -0.25) is 0 Å². The number of benzene rings is 2. The number of hydrogen-bond acceptors (Lipinski definition) is 6. The highest BCUT2D eigenvalue weighted by Crippen LogP contribution is 2.37. The van der Waals surface area contributed by atoms with Crippen molar-refractivity contribution in [3.05, 3.63) is 58.2 Å². The normalized spacial score (nSPS) is 14.6. The molecule has 1 heterocycles. The number of halogens is 1. The van der Waals surface area contributed by atoms with Gasteiger partial charge in [0.05, 0.1) is 25.8 Å². The molecular weight excluding hydrogens is 394 g/mol. The van der Waals surface area contributed by atoms with Crippen LogP contribution in [0.5, 0.6) is 17.2 Å². The lowest BCUT2D eigenvalue weighted by Gasteiger charge is -2.13. The molecule has 0 aliphatic carbocycles. The first kappa shape index (κ1) is 20.7. The van der Waals surface area contributed by atoms with Gasteiger partial charge >= 0.3 is 5.97 Å². The molecule has 0 N–H and O–H groups in total. The molecule has 0 aromatic heterocycles. The quantitative estimate of drug-likeness (QED) is 0.349. The number of aliphatic imine (C=N–C) groups is 1. The van der Waals surface area contributed by atoms with E-state index in [2.05, 4.69) is 11.9 Å². The molecule has 0 bridgehead atoms. The van der Waals surface area contributed by atoms with Gasteiger partial charge in [0.25, 0.3) is 0 Å². The van der Waals surface area contributed by atoms with E-state index in [0.29, 0.717) is 40.0 Å². The van der Waals surface area contributed by atoms with Gasteiger partial charge in [0.1, 0.15) is 5.75 Å². The Kier molecular flexibility index (Phi) is 6.77. The summed E-state index contributed by atoms with van der Waals surface area (Å²) in [5.41, 5.74) is 1.51. The fourth-order valence-corrected chi connectivity index (χ4v) is 2.98. The van der Waals surface area contributed by atoms with Crippen LogP contribution in [0.15, 0.2) is 47.1 Å². The molecule has 0 saturated heterocycles. The van der Waals surface area contributed by atoms with E-state index in [1.165, 1.54) is 0 Å². The number of methoxy groups -OCH3 is 2. The molecule has 3 rings (SSSR count). The third-order valence-electron chi connectivity index (χ3n) is 4.26. The van der Waals surface area contributed by atoms with E-state index < -0.39 is 5.97 Å².